The van der Waals surface area contributed by atoms with Crippen molar-refractivity contribution in [2.24, 2.45) is 5.92 Å². The van der Waals surface area contributed by atoms with Crippen molar-refractivity contribution < 1.29 is 9.59 Å². The molecule has 4 rings (SSSR count). The topological polar surface area (TPSA) is 52.7 Å². The number of hydrogen-bond donors (Lipinski definition) is 1. The summed E-state index contributed by atoms with van der Waals surface area (Å²) in [6, 6.07) is 14.1. The SMILES string of the molecule is Cc1ccc(C)c(N2CC(C(=O)Nc3ccc(N4CCCCC4)cc3)CC2=O)c1. The molecule has 2 aliphatic heterocycles. The molecular formula is C24H29N3O2. The predicted octanol–water partition coefficient (Wildman–Crippen LogP) is 4.29. The molecule has 0 spiro atoms. The highest BCUT2D eigenvalue weighted by atomic mass is 16.2. The second-order valence-corrected chi connectivity index (χ2v) is 8.28. The Hall–Kier alpha value is -2.82. The number of hydrogen-bond acceptors (Lipinski definition) is 3. The lowest BCUT2D eigenvalue weighted by molar-refractivity contribution is -0.122. The van der Waals surface area contributed by atoms with E-state index in [1.165, 1.54) is 24.9 Å². The number of nitrogens with one attached hydrogen (secondary N) is 1. The summed E-state index contributed by atoms with van der Waals surface area (Å²) in [7, 11) is 0. The van der Waals surface area contributed by atoms with Gasteiger partial charge in [0, 0.05) is 43.1 Å². The molecular weight excluding hydrogens is 362 g/mol. The summed E-state index contributed by atoms with van der Waals surface area (Å²) in [4.78, 5) is 29.5. The number of carbonyl (C=O) groups excluding carboxylic acids is 2. The van der Waals surface area contributed by atoms with Gasteiger partial charge in [-0.1, -0.05) is 12.1 Å². The molecule has 1 unspecified atom stereocenters. The molecule has 2 saturated heterocycles. The molecule has 152 valence electrons. The normalized spacial score (nSPS) is 19.5. The summed E-state index contributed by atoms with van der Waals surface area (Å²) >= 11 is 0. The highest BCUT2D eigenvalue weighted by molar-refractivity contribution is 6.03. The van der Waals surface area contributed by atoms with Gasteiger partial charge in [0.2, 0.25) is 11.8 Å². The molecule has 2 aromatic carbocycles. The summed E-state index contributed by atoms with van der Waals surface area (Å²) in [5.74, 6) is -0.402. The molecule has 0 aromatic heterocycles. The zero-order valence-corrected chi connectivity index (χ0v) is 17.3. The molecule has 1 atom stereocenters. The van der Waals surface area contributed by atoms with Crippen molar-refractivity contribution in [3.8, 4) is 0 Å². The second-order valence-electron chi connectivity index (χ2n) is 8.28. The van der Waals surface area contributed by atoms with Crippen LogP contribution in [-0.2, 0) is 9.59 Å². The third kappa shape index (κ3) is 4.29. The first kappa shape index (κ1) is 19.5. The van der Waals surface area contributed by atoms with E-state index in [4.69, 9.17) is 0 Å². The van der Waals surface area contributed by atoms with Crippen molar-refractivity contribution in [3.63, 3.8) is 0 Å². The summed E-state index contributed by atoms with van der Waals surface area (Å²) in [5, 5.41) is 3.00. The van der Waals surface area contributed by atoms with E-state index in [1.54, 1.807) is 4.90 Å². The molecule has 0 aliphatic carbocycles. The maximum Gasteiger partial charge on any atom is 0.229 e. The van der Waals surface area contributed by atoms with Gasteiger partial charge < -0.3 is 15.1 Å². The lowest BCUT2D eigenvalue weighted by Crippen LogP contribution is -2.29. The van der Waals surface area contributed by atoms with E-state index < -0.39 is 0 Å². The minimum absolute atomic E-state index is 0.0132. The fraction of sp³-hybridized carbons (Fsp3) is 0.417. The van der Waals surface area contributed by atoms with E-state index in [9.17, 15) is 9.59 Å². The van der Waals surface area contributed by atoms with Gasteiger partial charge >= 0.3 is 0 Å². The molecule has 2 fully saturated rings. The van der Waals surface area contributed by atoms with Crippen LogP contribution in [0.4, 0.5) is 17.1 Å². The van der Waals surface area contributed by atoms with Gasteiger partial charge in [0.05, 0.1) is 5.92 Å². The van der Waals surface area contributed by atoms with Gasteiger partial charge in [0.15, 0.2) is 0 Å². The van der Waals surface area contributed by atoms with E-state index in [-0.39, 0.29) is 24.2 Å². The Morgan fingerprint density at radius 2 is 1.72 bits per heavy atom. The summed E-state index contributed by atoms with van der Waals surface area (Å²) in [6.45, 7) is 6.65. The lowest BCUT2D eigenvalue weighted by Gasteiger charge is -2.28. The first-order chi connectivity index (χ1) is 14.0. The van der Waals surface area contributed by atoms with Crippen LogP contribution in [0.25, 0.3) is 0 Å². The van der Waals surface area contributed by atoms with Gasteiger partial charge in [-0.05, 0) is 74.6 Å². The predicted molar refractivity (Wildman–Crippen MR) is 118 cm³/mol. The molecule has 2 heterocycles. The fourth-order valence-electron chi connectivity index (χ4n) is 4.28. The monoisotopic (exact) mass is 391 g/mol. The van der Waals surface area contributed by atoms with Crippen LogP contribution in [0.5, 0.6) is 0 Å². The Bertz CT molecular complexity index is 901. The largest absolute Gasteiger partial charge is 0.372 e. The van der Waals surface area contributed by atoms with Gasteiger partial charge in [0.1, 0.15) is 0 Å². The maximum absolute atomic E-state index is 12.8. The molecule has 5 nitrogen and oxygen atoms in total. The van der Waals surface area contributed by atoms with Crippen molar-refractivity contribution in [3.05, 3.63) is 53.6 Å². The Morgan fingerprint density at radius 3 is 2.45 bits per heavy atom. The first-order valence-electron chi connectivity index (χ1n) is 10.5. The average molecular weight is 392 g/mol. The van der Waals surface area contributed by atoms with Gasteiger partial charge in [-0.15, -0.1) is 0 Å². The van der Waals surface area contributed by atoms with E-state index in [2.05, 4.69) is 22.3 Å². The van der Waals surface area contributed by atoms with Crippen LogP contribution < -0.4 is 15.1 Å². The number of anilines is 3. The third-order valence-electron chi connectivity index (χ3n) is 6.01. The third-order valence-corrected chi connectivity index (χ3v) is 6.01. The Kier molecular flexibility index (Phi) is 5.56. The zero-order valence-electron chi connectivity index (χ0n) is 17.3. The summed E-state index contributed by atoms with van der Waals surface area (Å²) < 4.78 is 0. The van der Waals surface area contributed by atoms with Gasteiger partial charge in [0.25, 0.3) is 0 Å². The molecule has 2 aromatic rings. The van der Waals surface area contributed by atoms with Crippen molar-refractivity contribution >= 4 is 28.9 Å². The highest BCUT2D eigenvalue weighted by Crippen LogP contribution is 2.30. The summed E-state index contributed by atoms with van der Waals surface area (Å²) in [6.07, 6.45) is 4.05. The lowest BCUT2D eigenvalue weighted by atomic mass is 10.1. The maximum atomic E-state index is 12.8. The summed E-state index contributed by atoms with van der Waals surface area (Å²) in [5.41, 5.74) is 5.07. The van der Waals surface area contributed by atoms with Crippen LogP contribution in [0.15, 0.2) is 42.5 Å². The van der Waals surface area contributed by atoms with Crippen LogP contribution in [0, 0.1) is 19.8 Å². The van der Waals surface area contributed by atoms with E-state index in [0.29, 0.717) is 6.54 Å². The molecule has 2 aliphatic rings. The zero-order chi connectivity index (χ0) is 20.4. The van der Waals surface area contributed by atoms with Crippen LogP contribution in [0.1, 0.15) is 36.8 Å². The number of nitrogens with zero attached hydrogens (tertiary/aromatic N) is 2. The molecule has 1 N–H and O–H groups in total. The number of aryl methyl sites for hydroxylation is 2. The first-order valence-corrected chi connectivity index (χ1v) is 10.5. The Morgan fingerprint density at radius 1 is 1.00 bits per heavy atom. The van der Waals surface area contributed by atoms with Gasteiger partial charge in [-0.2, -0.15) is 0 Å². The van der Waals surface area contributed by atoms with Crippen molar-refractivity contribution in [2.75, 3.05) is 34.8 Å². The molecule has 2 amide bonds. The van der Waals surface area contributed by atoms with Crippen molar-refractivity contribution in [1.29, 1.82) is 0 Å². The minimum Gasteiger partial charge on any atom is -0.372 e. The van der Waals surface area contributed by atoms with E-state index >= 15 is 0 Å². The van der Waals surface area contributed by atoms with Crippen molar-refractivity contribution in [2.45, 2.75) is 39.5 Å². The van der Waals surface area contributed by atoms with Crippen LogP contribution in [0.3, 0.4) is 0 Å². The number of piperidine rings is 1. The molecule has 0 bridgehead atoms. The smallest absolute Gasteiger partial charge is 0.229 e. The second kappa shape index (κ2) is 8.27. The molecule has 5 heteroatoms. The molecule has 29 heavy (non-hydrogen) atoms. The highest BCUT2D eigenvalue weighted by Gasteiger charge is 2.35. The number of rotatable bonds is 4. The van der Waals surface area contributed by atoms with Crippen molar-refractivity contribution in [1.82, 2.24) is 0 Å². The van der Waals surface area contributed by atoms with E-state index in [0.717, 1.165) is 35.6 Å². The van der Waals surface area contributed by atoms with Crippen LogP contribution in [0.2, 0.25) is 0 Å². The number of benzene rings is 2. The number of amides is 2. The Labute approximate surface area is 172 Å². The average Bonchev–Trinajstić information content (AvgIpc) is 3.13. The standard InChI is InChI=1S/C24H29N3O2/c1-17-6-7-18(2)22(14-17)27-16-19(15-23(27)28)24(29)25-20-8-10-21(11-9-20)26-12-4-3-5-13-26/h6-11,14,19H,3-5,12-13,15-16H2,1-2H3,(H,25,29). The van der Waals surface area contributed by atoms with Crippen LogP contribution in [-0.4, -0.2) is 31.4 Å². The fourth-order valence-corrected chi connectivity index (χ4v) is 4.28. The molecule has 0 radical (unpaired) electrons. The quantitative estimate of drug-likeness (QED) is 0.846. The van der Waals surface area contributed by atoms with E-state index in [1.807, 2.05) is 44.2 Å². The van der Waals surface area contributed by atoms with Gasteiger partial charge in [-0.3, -0.25) is 9.59 Å². The minimum atomic E-state index is -0.329. The molecule has 0 saturated carbocycles. The number of carbonyl (C=O) groups is 2. The Balaban J connectivity index is 1.40. The van der Waals surface area contributed by atoms with Gasteiger partial charge in [-0.25, -0.2) is 0 Å². The van der Waals surface area contributed by atoms with Crippen LogP contribution >= 0.6 is 0 Å².